The molecule has 9 nitrogen and oxygen atoms in total. The molecule has 0 radical (unpaired) electrons. The number of likely N-dealkylation sites (tertiary alicyclic amines) is 1. The summed E-state index contributed by atoms with van der Waals surface area (Å²) in [5.74, 6) is 0.395. The molecule has 1 amide bonds. The lowest BCUT2D eigenvalue weighted by Gasteiger charge is -2.37. The molecule has 4 aromatic rings. The van der Waals surface area contributed by atoms with E-state index in [1.54, 1.807) is 18.7 Å². The lowest BCUT2D eigenvalue weighted by atomic mass is 10.0. The largest absolute Gasteiger partial charge is 0.497 e. The van der Waals surface area contributed by atoms with Crippen molar-refractivity contribution in [3.63, 3.8) is 0 Å². The van der Waals surface area contributed by atoms with E-state index in [1.165, 1.54) is 22.9 Å². The van der Waals surface area contributed by atoms with Gasteiger partial charge in [-0.25, -0.2) is 0 Å². The third-order valence-electron chi connectivity index (χ3n) is 9.55. The molecule has 3 aromatic carbocycles. The first-order valence-electron chi connectivity index (χ1n) is 16.5. The van der Waals surface area contributed by atoms with Crippen LogP contribution in [0.4, 0.5) is 5.69 Å². The summed E-state index contributed by atoms with van der Waals surface area (Å²) in [6.07, 6.45) is 2.14. The van der Waals surface area contributed by atoms with E-state index in [-0.39, 0.29) is 11.5 Å². The van der Waals surface area contributed by atoms with E-state index in [4.69, 9.17) is 4.74 Å². The first-order chi connectivity index (χ1) is 22.5. The van der Waals surface area contributed by atoms with E-state index >= 15 is 0 Å². The smallest absolute Gasteiger partial charge is 0.251 e. The fourth-order valence-corrected chi connectivity index (χ4v) is 6.85. The summed E-state index contributed by atoms with van der Waals surface area (Å²) in [4.78, 5) is 33.2. The van der Waals surface area contributed by atoms with Gasteiger partial charge in [-0.1, -0.05) is 48.5 Å². The Balaban J connectivity index is 1.01. The molecule has 3 heterocycles. The molecule has 0 spiro atoms. The van der Waals surface area contributed by atoms with E-state index < -0.39 is 0 Å². The second-order valence-electron chi connectivity index (χ2n) is 12.4. The molecule has 2 aliphatic rings. The molecular weight excluding hydrogens is 576 g/mol. The monoisotopic (exact) mass is 622 g/mol. The Bertz CT molecular complexity index is 1670. The number of nitrogens with one attached hydrogen (secondary N) is 2. The quantitative estimate of drug-likeness (QED) is 0.262. The van der Waals surface area contributed by atoms with Crippen LogP contribution in [0.25, 0.3) is 10.9 Å². The Kier molecular flexibility index (Phi) is 10.3. The van der Waals surface area contributed by atoms with Gasteiger partial charge in [-0.05, 0) is 55.3 Å². The van der Waals surface area contributed by atoms with Crippen molar-refractivity contribution in [3.05, 3.63) is 106 Å². The van der Waals surface area contributed by atoms with E-state index in [0.717, 1.165) is 82.6 Å². The van der Waals surface area contributed by atoms with Gasteiger partial charge < -0.3 is 29.7 Å². The third kappa shape index (κ3) is 7.44. The summed E-state index contributed by atoms with van der Waals surface area (Å²) in [6, 6.07) is 27.0. The van der Waals surface area contributed by atoms with Crippen molar-refractivity contribution in [1.82, 2.24) is 25.0 Å². The number of amides is 1. The first kappa shape index (κ1) is 31.8. The van der Waals surface area contributed by atoms with Crippen LogP contribution in [0.3, 0.4) is 0 Å². The third-order valence-corrected chi connectivity index (χ3v) is 9.55. The Hall–Kier alpha value is -4.18. The molecule has 2 aliphatic heterocycles. The van der Waals surface area contributed by atoms with Gasteiger partial charge in [0.2, 0.25) is 0 Å². The molecule has 1 aromatic heterocycles. The molecule has 2 fully saturated rings. The number of anilines is 1. The van der Waals surface area contributed by atoms with Gasteiger partial charge in [0.25, 0.3) is 11.5 Å². The van der Waals surface area contributed by atoms with Crippen LogP contribution in [0.2, 0.25) is 0 Å². The number of carbonyl (C=O) groups excluding carboxylic acids is 1. The molecule has 0 saturated carbocycles. The number of hydrogen-bond acceptors (Lipinski definition) is 7. The number of nitrogens with zero attached hydrogens (tertiary/aromatic N) is 4. The number of carbonyl (C=O) groups is 1. The van der Waals surface area contributed by atoms with Crippen molar-refractivity contribution in [2.75, 3.05) is 64.9 Å². The summed E-state index contributed by atoms with van der Waals surface area (Å²) in [5.41, 5.74) is 5.03. The predicted octanol–water partition coefficient (Wildman–Crippen LogP) is 3.95. The van der Waals surface area contributed by atoms with Crippen LogP contribution in [0.1, 0.15) is 34.3 Å². The minimum atomic E-state index is -0.266. The lowest BCUT2D eigenvalue weighted by molar-refractivity contribution is 0.0964. The van der Waals surface area contributed by atoms with E-state index in [2.05, 4.69) is 79.9 Å². The Morgan fingerprint density at radius 2 is 1.59 bits per heavy atom. The maximum atomic E-state index is 13.2. The molecule has 46 heavy (non-hydrogen) atoms. The number of para-hydroxylation sites is 1. The summed E-state index contributed by atoms with van der Waals surface area (Å²) in [6.45, 7) is 9.41. The summed E-state index contributed by atoms with van der Waals surface area (Å²) < 4.78 is 7.20. The summed E-state index contributed by atoms with van der Waals surface area (Å²) >= 11 is 0. The van der Waals surface area contributed by atoms with Gasteiger partial charge in [-0.3, -0.25) is 14.5 Å². The maximum absolute atomic E-state index is 13.2. The second kappa shape index (κ2) is 14.9. The van der Waals surface area contributed by atoms with Crippen LogP contribution in [-0.4, -0.2) is 86.3 Å². The van der Waals surface area contributed by atoms with Gasteiger partial charge in [0, 0.05) is 88.7 Å². The van der Waals surface area contributed by atoms with Crippen LogP contribution in [0.5, 0.6) is 5.75 Å². The highest BCUT2D eigenvalue weighted by Crippen LogP contribution is 2.25. The number of rotatable bonds is 11. The zero-order valence-corrected chi connectivity index (χ0v) is 27.1. The van der Waals surface area contributed by atoms with Crippen LogP contribution in [0, 0.1) is 0 Å². The highest BCUT2D eigenvalue weighted by molar-refractivity contribution is 6.06. The highest BCUT2D eigenvalue weighted by atomic mass is 16.5. The van der Waals surface area contributed by atoms with Crippen LogP contribution < -0.4 is 25.8 Å². The number of benzene rings is 3. The van der Waals surface area contributed by atoms with E-state index in [0.29, 0.717) is 23.9 Å². The normalized spacial score (nSPS) is 16.5. The van der Waals surface area contributed by atoms with Crippen molar-refractivity contribution in [2.24, 2.45) is 0 Å². The van der Waals surface area contributed by atoms with Crippen LogP contribution in [0.15, 0.2) is 83.7 Å². The van der Waals surface area contributed by atoms with Crippen molar-refractivity contribution >= 4 is 22.5 Å². The fraction of sp³-hybridized carbons (Fsp3) is 0.405. The average molecular weight is 623 g/mol. The zero-order chi connectivity index (χ0) is 31.9. The first-order valence-corrected chi connectivity index (χ1v) is 16.5. The topological polar surface area (TPSA) is 82.1 Å². The van der Waals surface area contributed by atoms with Crippen molar-refractivity contribution < 1.29 is 9.53 Å². The molecular formula is C37H46N6O3. The molecule has 6 rings (SSSR count). The van der Waals surface area contributed by atoms with Gasteiger partial charge >= 0.3 is 0 Å². The number of ether oxygens (including phenoxy) is 1. The molecule has 242 valence electrons. The van der Waals surface area contributed by atoms with Crippen molar-refractivity contribution in [1.29, 1.82) is 0 Å². The SMILES string of the molecule is CNC(=O)c1cc(=O)n(CCN2CCC(NCc3ccccc3N3CCN(Cc4ccccc4)CC3)CC2)c2cc(OC)ccc12. The summed E-state index contributed by atoms with van der Waals surface area (Å²) in [5, 5.41) is 7.25. The number of hydrogen-bond donors (Lipinski definition) is 2. The number of piperidine rings is 1. The fourth-order valence-electron chi connectivity index (χ4n) is 6.85. The van der Waals surface area contributed by atoms with Gasteiger partial charge in [-0.2, -0.15) is 0 Å². The standard InChI is InChI=1S/C37H46N6O3/c1-38-37(45)33-25-36(44)43(35-24-31(46-2)12-13-32(33)35)23-20-40-16-14-30(15-17-40)39-26-29-10-6-7-11-34(29)42-21-18-41(19-22-42)27-28-8-4-3-5-9-28/h3-13,24-25,30,39H,14-23,26-27H2,1-2H3,(H,38,45). The molecule has 0 bridgehead atoms. The Morgan fingerprint density at radius 1 is 0.848 bits per heavy atom. The molecule has 9 heteroatoms. The average Bonchev–Trinajstić information content (AvgIpc) is 3.11. The lowest BCUT2D eigenvalue weighted by Crippen LogP contribution is -2.46. The number of aromatic nitrogens is 1. The number of fused-ring (bicyclic) bond motifs is 1. The van der Waals surface area contributed by atoms with Crippen molar-refractivity contribution in [2.45, 2.75) is 38.5 Å². The van der Waals surface area contributed by atoms with Crippen LogP contribution >= 0.6 is 0 Å². The van der Waals surface area contributed by atoms with Crippen LogP contribution in [-0.2, 0) is 19.6 Å². The number of piperazine rings is 1. The minimum absolute atomic E-state index is 0.174. The van der Waals surface area contributed by atoms with Gasteiger partial charge in [-0.15, -0.1) is 0 Å². The summed E-state index contributed by atoms with van der Waals surface area (Å²) in [7, 11) is 3.19. The molecule has 2 N–H and O–H groups in total. The Labute approximate surface area is 271 Å². The van der Waals surface area contributed by atoms with Crippen molar-refractivity contribution in [3.8, 4) is 5.75 Å². The van der Waals surface area contributed by atoms with Gasteiger partial charge in [0.1, 0.15) is 5.75 Å². The maximum Gasteiger partial charge on any atom is 0.251 e. The van der Waals surface area contributed by atoms with E-state index in [9.17, 15) is 9.59 Å². The number of pyridine rings is 1. The Morgan fingerprint density at radius 3 is 2.33 bits per heavy atom. The van der Waals surface area contributed by atoms with E-state index in [1.807, 2.05) is 18.2 Å². The highest BCUT2D eigenvalue weighted by Gasteiger charge is 2.22. The zero-order valence-electron chi connectivity index (χ0n) is 27.1. The number of methoxy groups -OCH3 is 1. The molecule has 0 atom stereocenters. The van der Waals surface area contributed by atoms with Gasteiger partial charge in [0.05, 0.1) is 18.2 Å². The molecule has 0 unspecified atom stereocenters. The predicted molar refractivity (Wildman–Crippen MR) is 185 cm³/mol. The second-order valence-corrected chi connectivity index (χ2v) is 12.4. The van der Waals surface area contributed by atoms with Gasteiger partial charge in [0.15, 0.2) is 0 Å². The molecule has 0 aliphatic carbocycles. The molecule has 2 saturated heterocycles. The minimum Gasteiger partial charge on any atom is -0.497 e.